The first-order valence-corrected chi connectivity index (χ1v) is 8.86. The summed E-state index contributed by atoms with van der Waals surface area (Å²) in [5, 5.41) is 0. The molecule has 5 heteroatoms. The summed E-state index contributed by atoms with van der Waals surface area (Å²) in [7, 11) is 0. The highest BCUT2D eigenvalue weighted by Crippen LogP contribution is 2.32. The van der Waals surface area contributed by atoms with Crippen molar-refractivity contribution in [3.05, 3.63) is 27.6 Å². The second kappa shape index (κ2) is 5.59. The van der Waals surface area contributed by atoms with Crippen molar-refractivity contribution < 1.29 is 0 Å². The third-order valence-corrected chi connectivity index (χ3v) is 5.36. The monoisotopic (exact) mass is 392 g/mol. The van der Waals surface area contributed by atoms with E-state index in [1.165, 1.54) is 33.4 Å². The molecular weight excluding hydrogens is 379 g/mol. The van der Waals surface area contributed by atoms with E-state index in [0.29, 0.717) is 11.9 Å². The number of rotatable bonds is 2. The summed E-state index contributed by atoms with van der Waals surface area (Å²) in [5.74, 6) is 4.01. The molecule has 0 amide bonds. The lowest BCUT2D eigenvalue weighted by atomic mass is 10.1. The fraction of sp³-hybridized carbons (Fsp3) is 0.462. The van der Waals surface area contributed by atoms with E-state index in [4.69, 9.17) is 11.6 Å². The van der Waals surface area contributed by atoms with Gasteiger partial charge in [-0.1, -0.05) is 0 Å². The lowest BCUT2D eigenvalue weighted by Crippen LogP contribution is -2.17. The zero-order valence-corrected chi connectivity index (χ0v) is 13.6. The lowest BCUT2D eigenvalue weighted by molar-refractivity contribution is 0.470. The van der Waals surface area contributed by atoms with Gasteiger partial charge < -0.3 is 4.57 Å². The van der Waals surface area contributed by atoms with E-state index in [1.54, 1.807) is 0 Å². The summed E-state index contributed by atoms with van der Waals surface area (Å²) in [6.07, 6.45) is 2.46. The topological polar surface area (TPSA) is 17.8 Å². The summed E-state index contributed by atoms with van der Waals surface area (Å²) < 4.78 is 3.60. The number of fused-ring (bicyclic) bond motifs is 1. The molecule has 2 heterocycles. The Morgan fingerprint density at radius 1 is 1.39 bits per heavy atom. The fourth-order valence-corrected chi connectivity index (χ4v) is 4.31. The zero-order valence-electron chi connectivity index (χ0n) is 9.90. The number of aromatic nitrogens is 2. The van der Waals surface area contributed by atoms with Gasteiger partial charge in [-0.2, -0.15) is 11.8 Å². The summed E-state index contributed by atoms with van der Waals surface area (Å²) in [6, 6.07) is 7.04. The van der Waals surface area contributed by atoms with Crippen LogP contribution < -0.4 is 0 Å². The summed E-state index contributed by atoms with van der Waals surface area (Å²) >= 11 is 10.5. The Morgan fingerprint density at radius 3 is 2.89 bits per heavy atom. The van der Waals surface area contributed by atoms with Gasteiger partial charge in [-0.25, -0.2) is 4.98 Å². The first-order valence-electron chi connectivity index (χ1n) is 6.09. The summed E-state index contributed by atoms with van der Waals surface area (Å²) in [4.78, 5) is 4.69. The first kappa shape index (κ1) is 13.1. The minimum Gasteiger partial charge on any atom is -0.324 e. The highest BCUT2D eigenvalue weighted by Gasteiger charge is 2.21. The maximum absolute atomic E-state index is 6.07. The standard InChI is InChI=1S/C13H14ClIN2S/c14-8-13-16-11-7-9(15)1-2-12(11)17(13)10-3-5-18-6-4-10/h1-2,7,10H,3-6,8H2. The first-order chi connectivity index (χ1) is 8.79. The summed E-state index contributed by atoms with van der Waals surface area (Å²) in [6.45, 7) is 0. The van der Waals surface area contributed by atoms with Crippen LogP contribution in [0.25, 0.3) is 11.0 Å². The van der Waals surface area contributed by atoms with Crippen LogP contribution in [0.5, 0.6) is 0 Å². The average molecular weight is 393 g/mol. The van der Waals surface area contributed by atoms with Gasteiger partial charge in [0.25, 0.3) is 0 Å². The minimum absolute atomic E-state index is 0.495. The lowest BCUT2D eigenvalue weighted by Gasteiger charge is -2.25. The molecule has 0 radical (unpaired) electrons. The van der Waals surface area contributed by atoms with Crippen molar-refractivity contribution in [2.45, 2.75) is 24.8 Å². The number of hydrogen-bond donors (Lipinski definition) is 0. The Hall–Kier alpha value is 0.0600. The largest absolute Gasteiger partial charge is 0.324 e. The molecule has 1 saturated heterocycles. The molecule has 0 atom stereocenters. The van der Waals surface area contributed by atoms with E-state index >= 15 is 0 Å². The third kappa shape index (κ3) is 2.39. The van der Waals surface area contributed by atoms with E-state index in [0.717, 1.165) is 11.3 Å². The molecule has 0 saturated carbocycles. The molecule has 96 valence electrons. The SMILES string of the molecule is ClCc1nc2cc(I)ccc2n1C1CCSCC1. The maximum Gasteiger partial charge on any atom is 0.125 e. The fourth-order valence-electron chi connectivity index (χ4n) is 2.57. The Kier molecular flexibility index (Phi) is 4.06. The Balaban J connectivity index is 2.12. The van der Waals surface area contributed by atoms with Gasteiger partial charge in [-0.15, -0.1) is 11.6 Å². The molecular formula is C13H14ClIN2S. The normalized spacial score (nSPS) is 17.4. The molecule has 2 nitrogen and oxygen atoms in total. The van der Waals surface area contributed by atoms with Crippen LogP contribution in [0.4, 0.5) is 0 Å². The number of halogens is 2. The van der Waals surface area contributed by atoms with Crippen LogP contribution in [0.1, 0.15) is 24.7 Å². The molecule has 3 rings (SSSR count). The quantitative estimate of drug-likeness (QED) is 0.555. The van der Waals surface area contributed by atoms with Gasteiger partial charge in [0, 0.05) is 9.61 Å². The number of imidazole rings is 1. The van der Waals surface area contributed by atoms with Crippen LogP contribution in [-0.4, -0.2) is 21.1 Å². The number of thioether (sulfide) groups is 1. The Morgan fingerprint density at radius 2 is 2.17 bits per heavy atom. The highest BCUT2D eigenvalue weighted by atomic mass is 127. The highest BCUT2D eigenvalue weighted by molar-refractivity contribution is 14.1. The van der Waals surface area contributed by atoms with Crippen LogP contribution in [-0.2, 0) is 5.88 Å². The van der Waals surface area contributed by atoms with Gasteiger partial charge in [0.15, 0.2) is 0 Å². The summed E-state index contributed by atoms with van der Waals surface area (Å²) in [5.41, 5.74) is 2.32. The van der Waals surface area contributed by atoms with Gasteiger partial charge in [-0.05, 0) is 65.1 Å². The van der Waals surface area contributed by atoms with Crippen molar-refractivity contribution in [1.29, 1.82) is 0 Å². The maximum atomic E-state index is 6.07. The molecule has 0 spiro atoms. The van der Waals surface area contributed by atoms with Crippen molar-refractivity contribution in [3.8, 4) is 0 Å². The minimum atomic E-state index is 0.495. The van der Waals surface area contributed by atoms with Gasteiger partial charge >= 0.3 is 0 Å². The molecule has 0 bridgehead atoms. The Labute approximate surface area is 130 Å². The molecule has 1 aromatic carbocycles. The van der Waals surface area contributed by atoms with Gasteiger partial charge in [-0.3, -0.25) is 0 Å². The van der Waals surface area contributed by atoms with E-state index in [1.807, 2.05) is 11.8 Å². The Bertz CT molecular complexity index is 563. The molecule has 1 aliphatic rings. The molecule has 0 N–H and O–H groups in total. The van der Waals surface area contributed by atoms with Crippen LogP contribution >= 0.6 is 46.0 Å². The van der Waals surface area contributed by atoms with Crippen molar-refractivity contribution in [2.24, 2.45) is 0 Å². The van der Waals surface area contributed by atoms with Crippen LogP contribution in [0.3, 0.4) is 0 Å². The van der Waals surface area contributed by atoms with E-state index < -0.39 is 0 Å². The van der Waals surface area contributed by atoms with Crippen molar-refractivity contribution in [2.75, 3.05) is 11.5 Å². The molecule has 1 aromatic heterocycles. The van der Waals surface area contributed by atoms with Gasteiger partial charge in [0.05, 0.1) is 16.9 Å². The van der Waals surface area contributed by atoms with Crippen molar-refractivity contribution >= 4 is 57.0 Å². The number of hydrogen-bond acceptors (Lipinski definition) is 2. The van der Waals surface area contributed by atoms with Crippen LogP contribution in [0.2, 0.25) is 0 Å². The van der Waals surface area contributed by atoms with Gasteiger partial charge in [0.2, 0.25) is 0 Å². The zero-order chi connectivity index (χ0) is 12.5. The van der Waals surface area contributed by atoms with E-state index in [9.17, 15) is 0 Å². The molecule has 18 heavy (non-hydrogen) atoms. The predicted molar refractivity (Wildman–Crippen MR) is 87.6 cm³/mol. The molecule has 0 unspecified atom stereocenters. The average Bonchev–Trinajstić information content (AvgIpc) is 2.77. The van der Waals surface area contributed by atoms with E-state index in [-0.39, 0.29) is 0 Å². The molecule has 0 aliphatic carbocycles. The van der Waals surface area contributed by atoms with E-state index in [2.05, 4.69) is 50.3 Å². The second-order valence-corrected chi connectivity index (χ2v) is 7.25. The van der Waals surface area contributed by atoms with Gasteiger partial charge in [0.1, 0.15) is 5.82 Å². The number of nitrogens with zero attached hydrogens (tertiary/aromatic N) is 2. The third-order valence-electron chi connectivity index (χ3n) is 3.40. The van der Waals surface area contributed by atoms with Crippen molar-refractivity contribution in [1.82, 2.24) is 9.55 Å². The predicted octanol–water partition coefficient (Wildman–Crippen LogP) is 4.45. The molecule has 1 aliphatic heterocycles. The smallest absolute Gasteiger partial charge is 0.125 e. The molecule has 1 fully saturated rings. The number of benzene rings is 1. The van der Waals surface area contributed by atoms with Crippen LogP contribution in [0, 0.1) is 3.57 Å². The molecule has 2 aromatic rings. The second-order valence-electron chi connectivity index (χ2n) is 4.51. The van der Waals surface area contributed by atoms with Crippen molar-refractivity contribution in [3.63, 3.8) is 0 Å². The van der Waals surface area contributed by atoms with Crippen LogP contribution in [0.15, 0.2) is 18.2 Å². The number of alkyl halides is 1.